The molecule has 1 saturated heterocycles. The Labute approximate surface area is 128 Å². The first kappa shape index (κ1) is 15.1. The molecule has 0 aliphatic carbocycles. The number of hydrogen-bond acceptors (Lipinski definition) is 3. The van der Waals surface area contributed by atoms with Crippen LogP contribution in [0.15, 0.2) is 24.3 Å². The normalized spacial score (nSPS) is 18.6. The van der Waals surface area contributed by atoms with Gasteiger partial charge in [-0.3, -0.25) is 4.79 Å². The van der Waals surface area contributed by atoms with Crippen LogP contribution >= 0.6 is 23.8 Å². The largest absolute Gasteiger partial charge is 0.484 e. The van der Waals surface area contributed by atoms with Crippen LogP contribution in [0.5, 0.6) is 5.75 Å². The van der Waals surface area contributed by atoms with Crippen LogP contribution in [0.1, 0.15) is 19.3 Å². The van der Waals surface area contributed by atoms with Crippen LogP contribution in [0, 0.1) is 0 Å². The first-order valence-corrected chi connectivity index (χ1v) is 7.33. The molecule has 1 unspecified atom stereocenters. The minimum atomic E-state index is -0.139. The highest BCUT2D eigenvalue weighted by Gasteiger charge is 2.28. The van der Waals surface area contributed by atoms with E-state index in [1.165, 1.54) is 0 Å². The molecule has 2 N–H and O–H groups in total. The summed E-state index contributed by atoms with van der Waals surface area (Å²) in [5.74, 6) is 0.532. The maximum absolute atomic E-state index is 12.2. The number of thiocarbonyl (C=S) groups is 1. The molecule has 1 heterocycles. The van der Waals surface area contributed by atoms with Gasteiger partial charge in [0.15, 0.2) is 6.61 Å². The molecule has 1 amide bonds. The number of carbonyl (C=O) groups excluding carboxylic acids is 1. The molecule has 0 spiro atoms. The minimum absolute atomic E-state index is 0.0131. The molecule has 2 rings (SSSR count). The SMILES string of the molecule is NC(=S)C1CCCCN1C(=O)COc1ccc(Cl)cc1. The second-order valence-electron chi connectivity index (χ2n) is 4.74. The topological polar surface area (TPSA) is 55.6 Å². The van der Waals surface area contributed by atoms with Crippen LogP contribution in [0.3, 0.4) is 0 Å². The fourth-order valence-electron chi connectivity index (χ4n) is 2.28. The number of rotatable bonds is 4. The molecular weight excluding hydrogens is 296 g/mol. The third-order valence-corrected chi connectivity index (χ3v) is 3.85. The Morgan fingerprint density at radius 3 is 2.75 bits per heavy atom. The molecule has 6 heteroatoms. The van der Waals surface area contributed by atoms with Gasteiger partial charge in [0, 0.05) is 11.6 Å². The number of benzene rings is 1. The van der Waals surface area contributed by atoms with Crippen LogP contribution in [0.2, 0.25) is 5.02 Å². The van der Waals surface area contributed by atoms with E-state index in [1.807, 2.05) is 0 Å². The van der Waals surface area contributed by atoms with Crippen LogP contribution < -0.4 is 10.5 Å². The Kier molecular flexibility index (Phi) is 5.20. The van der Waals surface area contributed by atoms with E-state index in [1.54, 1.807) is 29.2 Å². The molecule has 20 heavy (non-hydrogen) atoms. The van der Waals surface area contributed by atoms with Crippen LogP contribution in [0.25, 0.3) is 0 Å². The summed E-state index contributed by atoms with van der Waals surface area (Å²) >= 11 is 10.8. The highest BCUT2D eigenvalue weighted by atomic mass is 35.5. The van der Waals surface area contributed by atoms with E-state index in [0.29, 0.717) is 22.3 Å². The van der Waals surface area contributed by atoms with Crippen molar-refractivity contribution in [1.82, 2.24) is 4.90 Å². The Balaban J connectivity index is 1.93. The minimum Gasteiger partial charge on any atom is -0.484 e. The van der Waals surface area contributed by atoms with E-state index in [-0.39, 0.29) is 18.6 Å². The molecular formula is C14H17ClN2O2S. The Morgan fingerprint density at radius 2 is 2.10 bits per heavy atom. The third-order valence-electron chi connectivity index (χ3n) is 3.33. The fourth-order valence-corrected chi connectivity index (χ4v) is 2.66. The monoisotopic (exact) mass is 312 g/mol. The molecule has 0 saturated carbocycles. The average Bonchev–Trinajstić information content (AvgIpc) is 2.46. The summed E-state index contributed by atoms with van der Waals surface area (Å²) in [7, 11) is 0. The van der Waals surface area contributed by atoms with Gasteiger partial charge in [0.1, 0.15) is 5.75 Å². The quantitative estimate of drug-likeness (QED) is 0.867. The van der Waals surface area contributed by atoms with E-state index in [2.05, 4.69) is 0 Å². The van der Waals surface area contributed by atoms with E-state index >= 15 is 0 Å². The van der Waals surface area contributed by atoms with Crippen molar-refractivity contribution in [2.24, 2.45) is 5.73 Å². The standard InChI is InChI=1S/C14H17ClN2O2S/c15-10-4-6-11(7-5-10)19-9-13(18)17-8-2-1-3-12(17)14(16)20/h4-7,12H,1-3,8-9H2,(H2,16,20). The predicted molar refractivity (Wildman–Crippen MR) is 83.1 cm³/mol. The Morgan fingerprint density at radius 1 is 1.40 bits per heavy atom. The molecule has 1 aliphatic rings. The Bertz CT molecular complexity index is 492. The molecule has 1 aromatic carbocycles. The summed E-state index contributed by atoms with van der Waals surface area (Å²) in [6, 6.07) is 6.77. The predicted octanol–water partition coefficient (Wildman–Crippen LogP) is 2.39. The van der Waals surface area contributed by atoms with Gasteiger partial charge in [0.05, 0.1) is 11.0 Å². The lowest BCUT2D eigenvalue weighted by molar-refractivity contribution is -0.135. The molecule has 108 valence electrons. The van der Waals surface area contributed by atoms with Crippen LogP contribution in [0.4, 0.5) is 0 Å². The second-order valence-corrected chi connectivity index (χ2v) is 5.65. The van der Waals surface area contributed by atoms with E-state index in [9.17, 15) is 4.79 Å². The van der Waals surface area contributed by atoms with Crippen molar-refractivity contribution in [2.75, 3.05) is 13.2 Å². The van der Waals surface area contributed by atoms with Gasteiger partial charge < -0.3 is 15.4 Å². The van der Waals surface area contributed by atoms with Gasteiger partial charge in [0.2, 0.25) is 0 Å². The van der Waals surface area contributed by atoms with Crippen molar-refractivity contribution >= 4 is 34.7 Å². The number of carbonyl (C=O) groups is 1. The zero-order valence-electron chi connectivity index (χ0n) is 11.0. The van der Waals surface area contributed by atoms with Crippen LogP contribution in [-0.2, 0) is 4.79 Å². The molecule has 1 aromatic rings. The smallest absolute Gasteiger partial charge is 0.261 e. The maximum Gasteiger partial charge on any atom is 0.261 e. The second kappa shape index (κ2) is 6.90. The molecule has 1 aliphatic heterocycles. The summed E-state index contributed by atoms with van der Waals surface area (Å²) in [4.78, 5) is 14.3. The number of likely N-dealkylation sites (tertiary alicyclic amines) is 1. The lowest BCUT2D eigenvalue weighted by Crippen LogP contribution is -2.51. The molecule has 1 atom stereocenters. The summed E-state index contributed by atoms with van der Waals surface area (Å²) < 4.78 is 5.47. The van der Waals surface area contributed by atoms with Gasteiger partial charge in [-0.05, 0) is 43.5 Å². The fraction of sp³-hybridized carbons (Fsp3) is 0.429. The van der Waals surface area contributed by atoms with Gasteiger partial charge in [-0.15, -0.1) is 0 Å². The molecule has 4 nitrogen and oxygen atoms in total. The van der Waals surface area contributed by atoms with E-state index in [0.717, 1.165) is 19.3 Å². The van der Waals surface area contributed by atoms with Crippen molar-refractivity contribution < 1.29 is 9.53 Å². The summed E-state index contributed by atoms with van der Waals surface area (Å²) in [5, 5.41) is 0.633. The third kappa shape index (κ3) is 3.84. The van der Waals surface area contributed by atoms with Gasteiger partial charge in [-0.2, -0.15) is 0 Å². The molecule has 1 fully saturated rings. The lowest BCUT2D eigenvalue weighted by Gasteiger charge is -2.34. The summed E-state index contributed by atoms with van der Waals surface area (Å²) in [5.41, 5.74) is 5.70. The van der Waals surface area contributed by atoms with E-state index < -0.39 is 0 Å². The van der Waals surface area contributed by atoms with Crippen molar-refractivity contribution in [3.05, 3.63) is 29.3 Å². The Hall–Kier alpha value is -1.33. The number of piperidine rings is 1. The zero-order valence-corrected chi connectivity index (χ0v) is 12.6. The van der Waals surface area contributed by atoms with Crippen LogP contribution in [-0.4, -0.2) is 35.0 Å². The lowest BCUT2D eigenvalue weighted by atomic mass is 10.0. The van der Waals surface area contributed by atoms with Gasteiger partial charge in [-0.1, -0.05) is 23.8 Å². The number of halogens is 1. The molecule has 0 radical (unpaired) electrons. The van der Waals surface area contributed by atoms with Gasteiger partial charge in [-0.25, -0.2) is 0 Å². The van der Waals surface area contributed by atoms with Crippen molar-refractivity contribution in [3.63, 3.8) is 0 Å². The average molecular weight is 313 g/mol. The first-order valence-electron chi connectivity index (χ1n) is 6.55. The number of ether oxygens (including phenoxy) is 1. The van der Waals surface area contributed by atoms with Gasteiger partial charge >= 0.3 is 0 Å². The zero-order chi connectivity index (χ0) is 14.5. The van der Waals surface area contributed by atoms with Crippen molar-refractivity contribution in [1.29, 1.82) is 0 Å². The maximum atomic E-state index is 12.2. The number of amides is 1. The van der Waals surface area contributed by atoms with E-state index in [4.69, 9.17) is 34.3 Å². The highest BCUT2D eigenvalue weighted by Crippen LogP contribution is 2.19. The summed E-state index contributed by atoms with van der Waals surface area (Å²) in [6.07, 6.45) is 2.86. The number of nitrogens with zero attached hydrogens (tertiary/aromatic N) is 1. The number of hydrogen-bond donors (Lipinski definition) is 1. The molecule has 0 bridgehead atoms. The van der Waals surface area contributed by atoms with Crippen molar-refractivity contribution in [2.45, 2.75) is 25.3 Å². The number of nitrogens with two attached hydrogens (primary N) is 1. The summed E-state index contributed by atoms with van der Waals surface area (Å²) in [6.45, 7) is 0.672. The van der Waals surface area contributed by atoms with Crippen molar-refractivity contribution in [3.8, 4) is 5.75 Å². The highest BCUT2D eigenvalue weighted by molar-refractivity contribution is 7.80. The molecule has 0 aromatic heterocycles. The first-order chi connectivity index (χ1) is 9.58. The van der Waals surface area contributed by atoms with Gasteiger partial charge in [0.25, 0.3) is 5.91 Å².